The number of thioether (sulfide) groups is 1. The van der Waals surface area contributed by atoms with Gasteiger partial charge in [0.25, 0.3) is 0 Å². The lowest BCUT2D eigenvalue weighted by Crippen LogP contribution is -2.63. The highest BCUT2D eigenvalue weighted by molar-refractivity contribution is 8.00. The lowest BCUT2D eigenvalue weighted by atomic mass is 9.98. The maximum Gasteiger partial charge on any atom is 0.338 e. The molecule has 7 nitrogen and oxygen atoms in total. The van der Waals surface area contributed by atoms with E-state index in [-0.39, 0.29) is 17.7 Å². The Bertz CT molecular complexity index is 958. The SMILES string of the molecule is CC(C)S[C@@H]1O[C@@H]2COC(c3ccccc3)O[C@@H]2[C@H](OC(=O)CCl)[C@H]1OC(=O)c1ccccc1. The largest absolute Gasteiger partial charge is 0.454 e. The Morgan fingerprint density at radius 3 is 2.32 bits per heavy atom. The van der Waals surface area contributed by atoms with E-state index in [1.807, 2.05) is 50.2 Å². The lowest BCUT2D eigenvalue weighted by Gasteiger charge is -2.48. The van der Waals surface area contributed by atoms with Crippen molar-refractivity contribution in [1.82, 2.24) is 0 Å². The molecule has 2 heterocycles. The third-order valence-corrected chi connectivity index (χ3v) is 6.80. The van der Waals surface area contributed by atoms with Crippen LogP contribution in [0.15, 0.2) is 60.7 Å². The van der Waals surface area contributed by atoms with Crippen LogP contribution in [0, 0.1) is 0 Å². The molecule has 0 N–H and O–H groups in total. The van der Waals surface area contributed by atoms with Gasteiger partial charge in [-0.15, -0.1) is 23.4 Å². The molecule has 6 atom stereocenters. The third-order valence-electron chi connectivity index (χ3n) is 5.39. The first-order valence-corrected chi connectivity index (χ1v) is 12.6. The summed E-state index contributed by atoms with van der Waals surface area (Å²) in [5, 5.41) is 0.159. The summed E-state index contributed by atoms with van der Waals surface area (Å²) in [6, 6.07) is 18.1. The second kappa shape index (κ2) is 11.6. The Kier molecular flexibility index (Phi) is 8.50. The van der Waals surface area contributed by atoms with Crippen LogP contribution >= 0.6 is 23.4 Å². The Morgan fingerprint density at radius 2 is 1.68 bits per heavy atom. The zero-order chi connectivity index (χ0) is 24.1. The molecular weight excluding hydrogens is 480 g/mol. The van der Waals surface area contributed by atoms with Gasteiger partial charge in [-0.3, -0.25) is 4.79 Å². The number of fused-ring (bicyclic) bond motifs is 1. The topological polar surface area (TPSA) is 80.3 Å². The molecule has 2 saturated heterocycles. The predicted octanol–water partition coefficient (Wildman–Crippen LogP) is 4.34. The average molecular weight is 507 g/mol. The van der Waals surface area contributed by atoms with Crippen molar-refractivity contribution in [3.63, 3.8) is 0 Å². The van der Waals surface area contributed by atoms with E-state index in [1.54, 1.807) is 24.3 Å². The molecule has 2 aromatic carbocycles. The number of carbonyl (C=O) groups excluding carboxylic acids is 2. The average Bonchev–Trinajstić information content (AvgIpc) is 2.86. The standard InChI is InChI=1S/C25H27ClO7S/c1-15(2)34-25-22(32-23(28)16-9-5-3-6-10-16)21(31-19(27)13-26)20-18(30-25)14-29-24(33-20)17-11-7-4-8-12-17/h3-12,15,18,20-22,24-25H,13-14H2,1-2H3/t18-,20+,21+,22-,24?,25+/m1/s1. The first-order valence-electron chi connectivity index (χ1n) is 11.1. The normalized spacial score (nSPS) is 28.7. The molecule has 2 aliphatic heterocycles. The van der Waals surface area contributed by atoms with Crippen molar-refractivity contribution >= 4 is 35.3 Å². The van der Waals surface area contributed by atoms with Gasteiger partial charge < -0.3 is 23.7 Å². The van der Waals surface area contributed by atoms with E-state index in [0.29, 0.717) is 5.56 Å². The Hall–Kier alpha value is -2.10. The van der Waals surface area contributed by atoms with Gasteiger partial charge in [-0.25, -0.2) is 4.79 Å². The zero-order valence-corrected chi connectivity index (χ0v) is 20.4. The Morgan fingerprint density at radius 1 is 1.00 bits per heavy atom. The molecule has 0 amide bonds. The molecule has 9 heteroatoms. The molecule has 0 spiro atoms. The number of ether oxygens (including phenoxy) is 5. The van der Waals surface area contributed by atoms with Gasteiger partial charge in [0.1, 0.15) is 23.5 Å². The van der Waals surface area contributed by atoms with Crippen LogP contribution < -0.4 is 0 Å². The molecule has 0 aliphatic carbocycles. The fourth-order valence-electron chi connectivity index (χ4n) is 3.91. The van der Waals surface area contributed by atoms with Crippen molar-refractivity contribution in [2.24, 2.45) is 0 Å². The number of rotatable bonds is 7. The Balaban J connectivity index is 1.64. The number of hydrogen-bond acceptors (Lipinski definition) is 8. The molecule has 0 saturated carbocycles. The van der Waals surface area contributed by atoms with E-state index in [0.717, 1.165) is 5.56 Å². The lowest BCUT2D eigenvalue weighted by molar-refractivity contribution is -0.319. The van der Waals surface area contributed by atoms with Crippen LogP contribution in [-0.2, 0) is 28.5 Å². The maximum absolute atomic E-state index is 13.0. The highest BCUT2D eigenvalue weighted by Crippen LogP contribution is 2.40. The molecule has 2 aromatic rings. The van der Waals surface area contributed by atoms with Crippen molar-refractivity contribution in [2.75, 3.05) is 12.5 Å². The quantitative estimate of drug-likeness (QED) is 0.405. The number of hydrogen-bond donors (Lipinski definition) is 0. The summed E-state index contributed by atoms with van der Waals surface area (Å²) in [5.74, 6) is -1.51. The van der Waals surface area contributed by atoms with Gasteiger partial charge in [0, 0.05) is 10.8 Å². The minimum atomic E-state index is -0.927. The summed E-state index contributed by atoms with van der Waals surface area (Å²) >= 11 is 7.23. The monoisotopic (exact) mass is 506 g/mol. The van der Waals surface area contributed by atoms with Crippen molar-refractivity contribution in [2.45, 2.75) is 55.2 Å². The molecule has 182 valence electrons. The summed E-state index contributed by atoms with van der Waals surface area (Å²) in [6.45, 7) is 4.25. The summed E-state index contributed by atoms with van der Waals surface area (Å²) < 4.78 is 30.1. The van der Waals surface area contributed by atoms with E-state index in [1.165, 1.54) is 11.8 Å². The van der Waals surface area contributed by atoms with Gasteiger partial charge in [0.15, 0.2) is 18.5 Å². The number of halogens is 1. The van der Waals surface area contributed by atoms with Gasteiger partial charge in [-0.1, -0.05) is 62.4 Å². The van der Waals surface area contributed by atoms with Gasteiger partial charge in [0.05, 0.1) is 12.2 Å². The van der Waals surface area contributed by atoms with Crippen LogP contribution in [-0.4, -0.2) is 59.5 Å². The fourth-order valence-corrected chi connectivity index (χ4v) is 5.08. The van der Waals surface area contributed by atoms with Crippen LogP contribution in [0.2, 0.25) is 0 Å². The van der Waals surface area contributed by atoms with Crippen molar-refractivity contribution < 1.29 is 33.3 Å². The zero-order valence-electron chi connectivity index (χ0n) is 18.9. The van der Waals surface area contributed by atoms with E-state index >= 15 is 0 Å². The molecular formula is C25H27ClO7S. The number of benzene rings is 2. The van der Waals surface area contributed by atoms with Crippen LogP contribution in [0.5, 0.6) is 0 Å². The highest BCUT2D eigenvalue weighted by atomic mass is 35.5. The Labute approximate surface area is 208 Å². The molecule has 1 unspecified atom stereocenters. The van der Waals surface area contributed by atoms with Crippen LogP contribution in [0.3, 0.4) is 0 Å². The second-order valence-corrected chi connectivity index (χ2v) is 10.2. The van der Waals surface area contributed by atoms with E-state index in [4.69, 9.17) is 35.3 Å². The first-order chi connectivity index (χ1) is 16.5. The predicted molar refractivity (Wildman–Crippen MR) is 128 cm³/mol. The molecule has 2 aliphatic rings. The van der Waals surface area contributed by atoms with Crippen molar-refractivity contribution in [1.29, 1.82) is 0 Å². The summed E-state index contributed by atoms with van der Waals surface area (Å²) in [6.07, 6.45) is -3.75. The number of alkyl halides is 1. The van der Waals surface area contributed by atoms with Gasteiger partial charge in [-0.05, 0) is 12.1 Å². The maximum atomic E-state index is 13.0. The van der Waals surface area contributed by atoms with Crippen LogP contribution in [0.1, 0.15) is 36.1 Å². The molecule has 0 bridgehead atoms. The summed E-state index contributed by atoms with van der Waals surface area (Å²) in [5.41, 5.74) is 0.609. The molecule has 4 rings (SSSR count). The van der Waals surface area contributed by atoms with Crippen molar-refractivity contribution in [3.8, 4) is 0 Å². The fraction of sp³-hybridized carbons (Fsp3) is 0.440. The number of esters is 2. The smallest absolute Gasteiger partial charge is 0.338 e. The molecule has 0 aromatic heterocycles. The summed E-state index contributed by atoms with van der Waals surface area (Å²) in [7, 11) is 0. The third kappa shape index (κ3) is 5.93. The van der Waals surface area contributed by atoms with Gasteiger partial charge in [0.2, 0.25) is 0 Å². The van der Waals surface area contributed by atoms with E-state index in [2.05, 4.69) is 0 Å². The van der Waals surface area contributed by atoms with Crippen molar-refractivity contribution in [3.05, 3.63) is 71.8 Å². The minimum Gasteiger partial charge on any atom is -0.454 e. The van der Waals surface area contributed by atoms with Crippen LogP contribution in [0.25, 0.3) is 0 Å². The van der Waals surface area contributed by atoms with E-state index in [9.17, 15) is 9.59 Å². The molecule has 34 heavy (non-hydrogen) atoms. The summed E-state index contributed by atoms with van der Waals surface area (Å²) in [4.78, 5) is 25.3. The van der Waals surface area contributed by atoms with Gasteiger partial charge >= 0.3 is 11.9 Å². The molecule has 0 radical (unpaired) electrons. The van der Waals surface area contributed by atoms with Gasteiger partial charge in [-0.2, -0.15) is 0 Å². The minimum absolute atomic E-state index is 0.159. The second-order valence-electron chi connectivity index (χ2n) is 8.23. The first kappa shape index (κ1) is 25.0. The molecule has 2 fully saturated rings. The number of carbonyl (C=O) groups is 2. The highest BCUT2D eigenvalue weighted by Gasteiger charge is 2.54. The van der Waals surface area contributed by atoms with Crippen LogP contribution in [0.4, 0.5) is 0 Å². The van der Waals surface area contributed by atoms with E-state index < -0.39 is 48.1 Å².